The highest BCUT2D eigenvalue weighted by Gasteiger charge is 2.24. The number of rotatable bonds is 2. The van der Waals surface area contributed by atoms with Crippen molar-refractivity contribution in [3.05, 3.63) is 35.1 Å². The highest BCUT2D eigenvalue weighted by atomic mass is 35.5. The summed E-state index contributed by atoms with van der Waals surface area (Å²) in [5.74, 6) is 1.50. The predicted molar refractivity (Wildman–Crippen MR) is 79.4 cm³/mol. The summed E-state index contributed by atoms with van der Waals surface area (Å²) in [5, 5.41) is 5.91. The zero-order chi connectivity index (χ0) is 14.4. The molecule has 21 heavy (non-hydrogen) atoms. The fraction of sp³-hybridized carbons (Fsp3) is 0.333. The van der Waals surface area contributed by atoms with Crippen molar-refractivity contribution in [1.82, 2.24) is 14.7 Å². The normalized spacial score (nSPS) is 18.7. The highest BCUT2D eigenvalue weighted by Crippen LogP contribution is 2.30. The lowest BCUT2D eigenvalue weighted by Crippen LogP contribution is -2.00. The molecular formula is C15H14ClN3O2. The average Bonchev–Trinajstić information content (AvgIpc) is 3.18. The fourth-order valence-electron chi connectivity index (χ4n) is 2.75. The first-order valence-corrected chi connectivity index (χ1v) is 7.27. The Morgan fingerprint density at radius 1 is 1.33 bits per heavy atom. The molecule has 1 aliphatic heterocycles. The molecule has 2 aromatic heterocycles. The van der Waals surface area contributed by atoms with E-state index in [1.807, 2.05) is 35.9 Å². The molecule has 0 saturated carbocycles. The summed E-state index contributed by atoms with van der Waals surface area (Å²) >= 11 is 6.06. The van der Waals surface area contributed by atoms with E-state index in [0.29, 0.717) is 17.5 Å². The fourth-order valence-corrected chi connectivity index (χ4v) is 2.92. The monoisotopic (exact) mass is 303 g/mol. The van der Waals surface area contributed by atoms with Gasteiger partial charge in [-0.1, -0.05) is 22.8 Å². The maximum absolute atomic E-state index is 6.06. The molecular weight excluding hydrogens is 290 g/mol. The Kier molecular flexibility index (Phi) is 2.97. The van der Waals surface area contributed by atoms with Crippen LogP contribution in [0.4, 0.5) is 0 Å². The molecule has 6 heteroatoms. The molecule has 4 rings (SSSR count). The third-order valence-electron chi connectivity index (χ3n) is 3.96. The smallest absolute Gasteiger partial charge is 0.274 e. The molecule has 108 valence electrons. The van der Waals surface area contributed by atoms with Crippen LogP contribution >= 0.6 is 11.6 Å². The zero-order valence-corrected chi connectivity index (χ0v) is 12.3. The van der Waals surface area contributed by atoms with Crippen molar-refractivity contribution < 1.29 is 9.26 Å². The zero-order valence-electron chi connectivity index (χ0n) is 11.5. The van der Waals surface area contributed by atoms with Crippen molar-refractivity contribution in [3.63, 3.8) is 0 Å². The van der Waals surface area contributed by atoms with Gasteiger partial charge >= 0.3 is 0 Å². The molecule has 1 atom stereocenters. The van der Waals surface area contributed by atoms with Gasteiger partial charge in [-0.3, -0.25) is 0 Å². The maximum atomic E-state index is 6.06. The van der Waals surface area contributed by atoms with E-state index < -0.39 is 0 Å². The standard InChI is InChI=1S/C15H14ClN3O2/c1-19-12-7-11(16)3-2-9(12)6-13(19)15-17-14(18-21-15)10-4-5-20-8-10/h2-3,6-7,10H,4-5,8H2,1H3/t10-/m0/s1. The van der Waals surface area contributed by atoms with Gasteiger partial charge in [0.05, 0.1) is 6.61 Å². The lowest BCUT2D eigenvalue weighted by molar-refractivity contribution is 0.192. The van der Waals surface area contributed by atoms with Gasteiger partial charge in [-0.15, -0.1) is 0 Å². The minimum atomic E-state index is 0.242. The number of hydrogen-bond acceptors (Lipinski definition) is 4. The molecule has 1 saturated heterocycles. The molecule has 0 unspecified atom stereocenters. The molecule has 1 fully saturated rings. The molecule has 0 amide bonds. The Morgan fingerprint density at radius 3 is 3.05 bits per heavy atom. The average molecular weight is 304 g/mol. The van der Waals surface area contributed by atoms with E-state index in [1.165, 1.54) is 0 Å². The van der Waals surface area contributed by atoms with Gasteiger partial charge in [0.2, 0.25) is 0 Å². The minimum absolute atomic E-state index is 0.242. The van der Waals surface area contributed by atoms with Crippen LogP contribution in [-0.4, -0.2) is 27.9 Å². The second-order valence-electron chi connectivity index (χ2n) is 5.31. The topological polar surface area (TPSA) is 53.1 Å². The van der Waals surface area contributed by atoms with Crippen LogP contribution in [0.2, 0.25) is 5.02 Å². The first-order valence-electron chi connectivity index (χ1n) is 6.89. The van der Waals surface area contributed by atoms with Gasteiger partial charge < -0.3 is 13.8 Å². The maximum Gasteiger partial charge on any atom is 0.274 e. The van der Waals surface area contributed by atoms with Crippen LogP contribution < -0.4 is 0 Å². The Labute approximate surface area is 126 Å². The quantitative estimate of drug-likeness (QED) is 0.728. The molecule has 0 aliphatic carbocycles. The van der Waals surface area contributed by atoms with Crippen molar-refractivity contribution in [3.8, 4) is 11.6 Å². The second-order valence-corrected chi connectivity index (χ2v) is 5.75. The van der Waals surface area contributed by atoms with Crippen LogP contribution in [0.15, 0.2) is 28.8 Å². The van der Waals surface area contributed by atoms with Gasteiger partial charge in [-0.05, 0) is 24.6 Å². The summed E-state index contributed by atoms with van der Waals surface area (Å²) < 4.78 is 12.8. The summed E-state index contributed by atoms with van der Waals surface area (Å²) in [6.07, 6.45) is 0.948. The van der Waals surface area contributed by atoms with Crippen LogP contribution in [0.25, 0.3) is 22.5 Å². The lowest BCUT2D eigenvalue weighted by Gasteiger charge is -2.00. The molecule has 3 heterocycles. The number of aromatic nitrogens is 3. The Morgan fingerprint density at radius 2 is 2.24 bits per heavy atom. The van der Waals surface area contributed by atoms with Gasteiger partial charge in [0, 0.05) is 35.5 Å². The lowest BCUT2D eigenvalue weighted by atomic mass is 10.1. The van der Waals surface area contributed by atoms with Crippen molar-refractivity contribution in [2.24, 2.45) is 7.05 Å². The van der Waals surface area contributed by atoms with Gasteiger partial charge in [0.1, 0.15) is 5.69 Å². The van der Waals surface area contributed by atoms with E-state index in [2.05, 4.69) is 10.1 Å². The van der Waals surface area contributed by atoms with Crippen molar-refractivity contribution in [2.75, 3.05) is 13.2 Å². The SMILES string of the molecule is Cn1c(-c2nc([C@H]3CCOC3)no2)cc2ccc(Cl)cc21. The molecule has 5 nitrogen and oxygen atoms in total. The molecule has 1 aromatic carbocycles. The van der Waals surface area contributed by atoms with Crippen molar-refractivity contribution in [1.29, 1.82) is 0 Å². The molecule has 0 N–H and O–H groups in total. The van der Waals surface area contributed by atoms with Crippen LogP contribution in [-0.2, 0) is 11.8 Å². The first kappa shape index (κ1) is 12.9. The number of aryl methyl sites for hydroxylation is 1. The molecule has 3 aromatic rings. The van der Waals surface area contributed by atoms with Crippen LogP contribution in [0, 0.1) is 0 Å². The van der Waals surface area contributed by atoms with E-state index in [1.54, 1.807) is 0 Å². The summed E-state index contributed by atoms with van der Waals surface area (Å²) in [6.45, 7) is 1.44. The minimum Gasteiger partial charge on any atom is -0.381 e. The van der Waals surface area contributed by atoms with E-state index in [4.69, 9.17) is 20.9 Å². The second kappa shape index (κ2) is 4.86. The molecule has 0 radical (unpaired) electrons. The van der Waals surface area contributed by atoms with Gasteiger partial charge in [-0.25, -0.2) is 0 Å². The van der Waals surface area contributed by atoms with Gasteiger partial charge in [0.15, 0.2) is 5.82 Å². The third kappa shape index (κ3) is 2.13. The Bertz CT molecular complexity index is 802. The van der Waals surface area contributed by atoms with Gasteiger partial charge in [0.25, 0.3) is 5.89 Å². The number of hydrogen-bond donors (Lipinski definition) is 0. The Hall–Kier alpha value is -1.85. The summed E-state index contributed by atoms with van der Waals surface area (Å²) in [5.41, 5.74) is 1.94. The van der Waals surface area contributed by atoms with Crippen molar-refractivity contribution >= 4 is 22.5 Å². The summed E-state index contributed by atoms with van der Waals surface area (Å²) in [7, 11) is 1.97. The highest BCUT2D eigenvalue weighted by molar-refractivity contribution is 6.31. The number of nitrogens with zero attached hydrogens (tertiary/aromatic N) is 3. The Balaban J connectivity index is 1.77. The van der Waals surface area contributed by atoms with E-state index >= 15 is 0 Å². The van der Waals surface area contributed by atoms with Crippen molar-refractivity contribution in [2.45, 2.75) is 12.3 Å². The largest absolute Gasteiger partial charge is 0.381 e. The van der Waals surface area contributed by atoms with E-state index in [-0.39, 0.29) is 5.92 Å². The molecule has 1 aliphatic rings. The van der Waals surface area contributed by atoms with Crippen LogP contribution in [0.1, 0.15) is 18.2 Å². The third-order valence-corrected chi connectivity index (χ3v) is 4.20. The molecule has 0 spiro atoms. The predicted octanol–water partition coefficient (Wildman–Crippen LogP) is 3.39. The number of ether oxygens (including phenoxy) is 1. The number of fused-ring (bicyclic) bond motifs is 1. The number of benzene rings is 1. The summed E-state index contributed by atoms with van der Waals surface area (Å²) in [4.78, 5) is 4.53. The number of halogens is 1. The van der Waals surface area contributed by atoms with Crippen LogP contribution in [0.5, 0.6) is 0 Å². The van der Waals surface area contributed by atoms with Crippen LogP contribution in [0.3, 0.4) is 0 Å². The summed E-state index contributed by atoms with van der Waals surface area (Å²) in [6, 6.07) is 7.84. The molecule has 0 bridgehead atoms. The van der Waals surface area contributed by atoms with Gasteiger partial charge in [-0.2, -0.15) is 4.98 Å². The van der Waals surface area contributed by atoms with E-state index in [0.717, 1.165) is 35.4 Å². The first-order chi connectivity index (χ1) is 10.2. The van der Waals surface area contributed by atoms with E-state index in [9.17, 15) is 0 Å².